The average Bonchev–Trinajstić information content (AvgIpc) is 3.22. The molecule has 0 radical (unpaired) electrons. The van der Waals surface area contributed by atoms with E-state index in [-0.39, 0.29) is 23.9 Å². The van der Waals surface area contributed by atoms with Gasteiger partial charge in [-0.3, -0.25) is 9.59 Å². The van der Waals surface area contributed by atoms with Crippen LogP contribution in [0.1, 0.15) is 24.8 Å². The summed E-state index contributed by atoms with van der Waals surface area (Å²) in [4.78, 5) is 42.2. The van der Waals surface area contributed by atoms with E-state index in [1.165, 1.54) is 4.90 Å². The van der Waals surface area contributed by atoms with Crippen LogP contribution in [-0.2, 0) is 16.1 Å². The summed E-state index contributed by atoms with van der Waals surface area (Å²) in [6, 6.07) is 8.53. The third-order valence-electron chi connectivity index (χ3n) is 5.02. The molecule has 6 heteroatoms. The minimum atomic E-state index is -0.621. The van der Waals surface area contributed by atoms with E-state index in [4.69, 9.17) is 0 Å². The van der Waals surface area contributed by atoms with Crippen LogP contribution in [0, 0.1) is 0 Å². The maximum absolute atomic E-state index is 12.7. The van der Waals surface area contributed by atoms with Gasteiger partial charge in [0.15, 0.2) is 0 Å². The predicted molar refractivity (Wildman–Crippen MR) is 82.2 cm³/mol. The molecule has 1 aromatic rings. The maximum Gasteiger partial charge on any atom is 0.328 e. The summed E-state index contributed by atoms with van der Waals surface area (Å²) in [6.07, 6.45) is 2.12. The van der Waals surface area contributed by atoms with Crippen molar-refractivity contribution < 1.29 is 14.4 Å². The fraction of sp³-hybridized carbons (Fsp3) is 0.471. The second-order valence-electron chi connectivity index (χ2n) is 6.39. The summed E-state index contributed by atoms with van der Waals surface area (Å²) in [7, 11) is 0. The van der Waals surface area contributed by atoms with Gasteiger partial charge in [-0.2, -0.15) is 0 Å². The summed E-state index contributed by atoms with van der Waals surface area (Å²) in [6.45, 7) is 1.74. The van der Waals surface area contributed by atoms with Gasteiger partial charge in [0.25, 0.3) is 5.91 Å². The molecule has 4 rings (SSSR count). The van der Waals surface area contributed by atoms with Crippen LogP contribution in [0.5, 0.6) is 0 Å². The number of urea groups is 1. The smallest absolute Gasteiger partial charge is 0.328 e. The zero-order valence-electron chi connectivity index (χ0n) is 12.9. The van der Waals surface area contributed by atoms with Gasteiger partial charge >= 0.3 is 6.03 Å². The Balaban J connectivity index is 1.50. The Labute approximate surface area is 134 Å². The first-order valence-electron chi connectivity index (χ1n) is 8.13. The van der Waals surface area contributed by atoms with E-state index in [2.05, 4.69) is 0 Å². The van der Waals surface area contributed by atoms with Crippen molar-refractivity contribution in [3.05, 3.63) is 35.9 Å². The molecule has 3 aliphatic rings. The molecule has 23 heavy (non-hydrogen) atoms. The lowest BCUT2D eigenvalue weighted by Gasteiger charge is -2.22. The number of fused-ring (bicyclic) bond motifs is 1. The largest absolute Gasteiger partial charge is 0.336 e. The predicted octanol–water partition coefficient (Wildman–Crippen LogP) is 1.21. The summed E-state index contributed by atoms with van der Waals surface area (Å²) in [5.74, 6) is -0.302. The number of amides is 4. The first-order valence-corrected chi connectivity index (χ1v) is 8.13. The molecule has 0 saturated carbocycles. The maximum atomic E-state index is 12.7. The van der Waals surface area contributed by atoms with Crippen molar-refractivity contribution in [2.24, 2.45) is 0 Å². The van der Waals surface area contributed by atoms with Gasteiger partial charge in [-0.1, -0.05) is 30.3 Å². The number of nitrogens with zero attached hydrogens (tertiary/aromatic N) is 3. The Kier molecular flexibility index (Phi) is 3.32. The Bertz CT molecular complexity index is 638. The van der Waals surface area contributed by atoms with Gasteiger partial charge in [-0.05, 0) is 24.8 Å². The molecule has 4 amide bonds. The topological polar surface area (TPSA) is 60.9 Å². The third-order valence-corrected chi connectivity index (χ3v) is 5.02. The minimum absolute atomic E-state index is 0.114. The number of carbonyl (C=O) groups is 3. The molecule has 2 atom stereocenters. The van der Waals surface area contributed by atoms with Crippen molar-refractivity contribution in [2.45, 2.75) is 37.9 Å². The molecule has 0 unspecified atom stereocenters. The van der Waals surface area contributed by atoms with E-state index in [1.807, 2.05) is 30.3 Å². The van der Waals surface area contributed by atoms with Crippen LogP contribution in [0.4, 0.5) is 4.79 Å². The van der Waals surface area contributed by atoms with E-state index in [1.54, 1.807) is 9.80 Å². The number of likely N-dealkylation sites (tertiary alicyclic amines) is 1. The second kappa shape index (κ2) is 5.37. The quantitative estimate of drug-likeness (QED) is 0.788. The molecular formula is C17H19N3O3. The van der Waals surface area contributed by atoms with Gasteiger partial charge < -0.3 is 9.80 Å². The third kappa shape index (κ3) is 2.20. The summed E-state index contributed by atoms with van der Waals surface area (Å²) >= 11 is 0. The number of carbonyl (C=O) groups excluding carboxylic acids is 3. The van der Waals surface area contributed by atoms with Crippen LogP contribution in [0.25, 0.3) is 0 Å². The average molecular weight is 313 g/mol. The highest BCUT2D eigenvalue weighted by atomic mass is 16.2. The summed E-state index contributed by atoms with van der Waals surface area (Å²) in [5, 5.41) is 0. The van der Waals surface area contributed by atoms with Crippen LogP contribution in [0.15, 0.2) is 30.3 Å². The Morgan fingerprint density at radius 2 is 1.70 bits per heavy atom. The standard InChI is InChI=1S/C17H19N3O3/c21-15-14(8-10-18(15)11-12-5-2-1-3-6-12)20-16(22)13-7-4-9-19(13)17(20)23/h1-3,5-6,13-14H,4,7-11H2/t13-,14+/m0/s1. The Hall–Kier alpha value is -2.37. The Morgan fingerprint density at radius 1 is 0.913 bits per heavy atom. The summed E-state index contributed by atoms with van der Waals surface area (Å²) < 4.78 is 0. The molecule has 3 fully saturated rings. The Morgan fingerprint density at radius 3 is 2.43 bits per heavy atom. The van der Waals surface area contributed by atoms with E-state index < -0.39 is 6.04 Å². The minimum Gasteiger partial charge on any atom is -0.336 e. The van der Waals surface area contributed by atoms with Crippen molar-refractivity contribution >= 4 is 17.8 Å². The molecule has 0 N–H and O–H groups in total. The first kappa shape index (κ1) is 14.2. The highest BCUT2D eigenvalue weighted by Crippen LogP contribution is 2.31. The fourth-order valence-corrected chi connectivity index (χ4v) is 3.86. The molecule has 0 spiro atoms. The lowest BCUT2D eigenvalue weighted by molar-refractivity contribution is -0.138. The van der Waals surface area contributed by atoms with Gasteiger partial charge in [0.05, 0.1) is 0 Å². The van der Waals surface area contributed by atoms with Crippen molar-refractivity contribution in [2.75, 3.05) is 13.1 Å². The first-order chi connectivity index (χ1) is 11.2. The van der Waals surface area contributed by atoms with Gasteiger partial charge in [-0.15, -0.1) is 0 Å². The van der Waals surface area contributed by atoms with Gasteiger partial charge in [0.2, 0.25) is 5.91 Å². The highest BCUT2D eigenvalue weighted by molar-refractivity contribution is 6.08. The zero-order valence-corrected chi connectivity index (χ0v) is 12.9. The normalized spacial score (nSPS) is 27.3. The summed E-state index contributed by atoms with van der Waals surface area (Å²) in [5.41, 5.74) is 1.06. The molecule has 0 aromatic heterocycles. The molecule has 0 bridgehead atoms. The van der Waals surface area contributed by atoms with Crippen molar-refractivity contribution in [1.82, 2.24) is 14.7 Å². The van der Waals surface area contributed by atoms with Crippen molar-refractivity contribution in [3.63, 3.8) is 0 Å². The van der Waals surface area contributed by atoms with E-state index in [0.717, 1.165) is 18.4 Å². The molecule has 3 saturated heterocycles. The molecule has 120 valence electrons. The van der Waals surface area contributed by atoms with Crippen molar-refractivity contribution in [1.29, 1.82) is 0 Å². The molecular weight excluding hydrogens is 294 g/mol. The lowest BCUT2D eigenvalue weighted by atomic mass is 10.1. The van der Waals surface area contributed by atoms with Crippen LogP contribution >= 0.6 is 0 Å². The number of benzene rings is 1. The van der Waals surface area contributed by atoms with Crippen molar-refractivity contribution in [3.8, 4) is 0 Å². The second-order valence-corrected chi connectivity index (χ2v) is 6.39. The number of rotatable bonds is 3. The van der Waals surface area contributed by atoms with Crippen LogP contribution in [0.3, 0.4) is 0 Å². The van der Waals surface area contributed by atoms with E-state index in [9.17, 15) is 14.4 Å². The lowest BCUT2D eigenvalue weighted by Crippen LogP contribution is -2.46. The molecule has 6 nitrogen and oxygen atoms in total. The van der Waals surface area contributed by atoms with Gasteiger partial charge in [0.1, 0.15) is 12.1 Å². The number of imide groups is 1. The van der Waals surface area contributed by atoms with Crippen LogP contribution in [-0.4, -0.2) is 57.7 Å². The fourth-order valence-electron chi connectivity index (χ4n) is 3.86. The van der Waals surface area contributed by atoms with Gasteiger partial charge in [-0.25, -0.2) is 9.69 Å². The molecule has 1 aromatic carbocycles. The zero-order chi connectivity index (χ0) is 16.0. The number of hydrogen-bond acceptors (Lipinski definition) is 3. The highest BCUT2D eigenvalue weighted by Gasteiger charge is 2.53. The molecule has 0 aliphatic carbocycles. The van der Waals surface area contributed by atoms with Crippen LogP contribution in [0.2, 0.25) is 0 Å². The SMILES string of the molecule is O=C1[C@H](N2C(=O)[C@@H]3CCCN3C2=O)CCN1Cc1ccccc1. The van der Waals surface area contributed by atoms with Crippen LogP contribution < -0.4 is 0 Å². The van der Waals surface area contributed by atoms with E-state index >= 15 is 0 Å². The molecule has 3 aliphatic heterocycles. The number of hydrogen-bond donors (Lipinski definition) is 0. The molecule has 3 heterocycles. The van der Waals surface area contributed by atoms with Gasteiger partial charge in [0, 0.05) is 19.6 Å². The monoisotopic (exact) mass is 313 g/mol. The van der Waals surface area contributed by atoms with E-state index in [0.29, 0.717) is 26.1 Å².